The van der Waals surface area contributed by atoms with E-state index in [1.165, 1.54) is 0 Å². The maximum Gasteiger partial charge on any atom is 0.128 e. The molecule has 0 radical (unpaired) electrons. The Bertz CT molecular complexity index is 775. The number of hydrogen-bond acceptors (Lipinski definition) is 3. The fourth-order valence-electron chi connectivity index (χ4n) is 2.45. The van der Waals surface area contributed by atoms with E-state index in [1.807, 2.05) is 44.6 Å². The highest BCUT2D eigenvalue weighted by atomic mass is 35.5. The Labute approximate surface area is 128 Å². The first-order valence-electron chi connectivity index (χ1n) is 6.74. The molecule has 2 heterocycles. The zero-order valence-electron chi connectivity index (χ0n) is 12.2. The Kier molecular flexibility index (Phi) is 3.59. The van der Waals surface area contributed by atoms with Gasteiger partial charge in [0.1, 0.15) is 11.6 Å². The highest BCUT2D eigenvalue weighted by Crippen LogP contribution is 2.28. The van der Waals surface area contributed by atoms with Crippen LogP contribution in [-0.4, -0.2) is 26.4 Å². The number of aromatic nitrogens is 4. The lowest BCUT2D eigenvalue weighted by molar-refractivity contribution is 0.415. The van der Waals surface area contributed by atoms with Gasteiger partial charge in [-0.25, -0.2) is 4.98 Å². The van der Waals surface area contributed by atoms with E-state index in [0.717, 1.165) is 28.2 Å². The van der Waals surface area contributed by atoms with Crippen molar-refractivity contribution in [2.45, 2.75) is 18.8 Å². The Morgan fingerprint density at radius 3 is 2.81 bits per heavy atom. The first kappa shape index (κ1) is 13.9. The van der Waals surface area contributed by atoms with Crippen molar-refractivity contribution in [1.29, 1.82) is 0 Å². The molecule has 0 saturated carbocycles. The average Bonchev–Trinajstić information content (AvgIpc) is 3.03. The van der Waals surface area contributed by atoms with Crippen LogP contribution in [0.25, 0.3) is 11.0 Å². The molecule has 5 nitrogen and oxygen atoms in total. The maximum absolute atomic E-state index is 6.29. The molecule has 3 aromatic rings. The Morgan fingerprint density at radius 1 is 1.38 bits per heavy atom. The van der Waals surface area contributed by atoms with Crippen molar-refractivity contribution >= 4 is 22.6 Å². The molecule has 0 aliphatic rings. The van der Waals surface area contributed by atoms with Crippen molar-refractivity contribution in [1.82, 2.24) is 19.3 Å². The second-order valence-corrected chi connectivity index (χ2v) is 5.70. The Hall–Kier alpha value is -2.01. The predicted octanol–water partition coefficient (Wildman–Crippen LogP) is 3.13. The van der Waals surface area contributed by atoms with Gasteiger partial charge in [0, 0.05) is 24.9 Å². The highest BCUT2D eigenvalue weighted by molar-refractivity contribution is 6.20. The maximum atomic E-state index is 6.29. The van der Waals surface area contributed by atoms with Crippen LogP contribution >= 0.6 is 11.6 Å². The number of nitrogens with zero attached hydrogens (tertiary/aromatic N) is 4. The van der Waals surface area contributed by atoms with Crippen molar-refractivity contribution in [2.75, 3.05) is 7.11 Å². The number of hydrogen-bond donors (Lipinski definition) is 0. The molecule has 0 fully saturated rings. The van der Waals surface area contributed by atoms with E-state index in [-0.39, 0.29) is 5.38 Å². The molecule has 21 heavy (non-hydrogen) atoms. The van der Waals surface area contributed by atoms with Gasteiger partial charge in [-0.3, -0.25) is 4.68 Å². The molecule has 6 heteroatoms. The standard InChI is InChI=1S/C15H17ClN4O/c1-10(16)15-18-13-5-4-12(21-3)6-14(13)20(15)9-11-7-17-19(2)8-11/h4-8,10H,9H2,1-3H3. The van der Waals surface area contributed by atoms with Gasteiger partial charge in [-0.2, -0.15) is 5.10 Å². The molecular weight excluding hydrogens is 288 g/mol. The summed E-state index contributed by atoms with van der Waals surface area (Å²) in [5.41, 5.74) is 3.04. The molecule has 0 saturated heterocycles. The summed E-state index contributed by atoms with van der Waals surface area (Å²) in [7, 11) is 3.57. The molecule has 1 unspecified atom stereocenters. The smallest absolute Gasteiger partial charge is 0.128 e. The summed E-state index contributed by atoms with van der Waals surface area (Å²) < 4.78 is 9.22. The molecule has 0 bridgehead atoms. The molecule has 1 aromatic carbocycles. The molecular formula is C15H17ClN4O. The van der Waals surface area contributed by atoms with E-state index in [1.54, 1.807) is 11.8 Å². The monoisotopic (exact) mass is 304 g/mol. The molecule has 0 aliphatic heterocycles. The van der Waals surface area contributed by atoms with Crippen molar-refractivity contribution in [3.05, 3.63) is 42.0 Å². The lowest BCUT2D eigenvalue weighted by Crippen LogP contribution is -2.05. The summed E-state index contributed by atoms with van der Waals surface area (Å²) in [6, 6.07) is 5.85. The summed E-state index contributed by atoms with van der Waals surface area (Å²) in [4.78, 5) is 4.64. The van der Waals surface area contributed by atoms with Crippen LogP contribution in [0.2, 0.25) is 0 Å². The number of rotatable bonds is 4. The summed E-state index contributed by atoms with van der Waals surface area (Å²) in [5, 5.41) is 4.04. The highest BCUT2D eigenvalue weighted by Gasteiger charge is 2.16. The van der Waals surface area contributed by atoms with E-state index < -0.39 is 0 Å². The Morgan fingerprint density at radius 2 is 2.19 bits per heavy atom. The third-order valence-electron chi connectivity index (χ3n) is 3.44. The number of benzene rings is 1. The third kappa shape index (κ3) is 2.61. The van der Waals surface area contributed by atoms with Gasteiger partial charge in [0.05, 0.1) is 36.3 Å². The van der Waals surface area contributed by atoms with Crippen molar-refractivity contribution in [2.24, 2.45) is 7.05 Å². The SMILES string of the molecule is COc1ccc2nc(C(C)Cl)n(Cc3cnn(C)c3)c2c1. The van der Waals surface area contributed by atoms with Crippen LogP contribution in [0.1, 0.15) is 23.7 Å². The largest absolute Gasteiger partial charge is 0.497 e. The van der Waals surface area contributed by atoms with Gasteiger partial charge in [-0.1, -0.05) is 0 Å². The number of imidazole rings is 1. The number of ether oxygens (including phenoxy) is 1. The van der Waals surface area contributed by atoms with Crippen LogP contribution in [0.4, 0.5) is 0 Å². The van der Waals surface area contributed by atoms with Gasteiger partial charge in [0.15, 0.2) is 0 Å². The molecule has 0 spiro atoms. The molecule has 0 N–H and O–H groups in total. The van der Waals surface area contributed by atoms with Crippen LogP contribution < -0.4 is 4.74 Å². The summed E-state index contributed by atoms with van der Waals surface area (Å²) in [5.74, 6) is 1.66. The number of aryl methyl sites for hydroxylation is 1. The second-order valence-electron chi connectivity index (χ2n) is 5.05. The van der Waals surface area contributed by atoms with E-state index in [0.29, 0.717) is 6.54 Å². The van der Waals surface area contributed by atoms with Crippen LogP contribution in [0, 0.1) is 0 Å². The van der Waals surface area contributed by atoms with Gasteiger partial charge >= 0.3 is 0 Å². The Balaban J connectivity index is 2.14. The topological polar surface area (TPSA) is 44.9 Å². The van der Waals surface area contributed by atoms with E-state index in [2.05, 4.69) is 14.6 Å². The van der Waals surface area contributed by atoms with Gasteiger partial charge in [0.25, 0.3) is 0 Å². The van der Waals surface area contributed by atoms with Gasteiger partial charge in [-0.05, 0) is 19.1 Å². The van der Waals surface area contributed by atoms with E-state index >= 15 is 0 Å². The van der Waals surface area contributed by atoms with Gasteiger partial charge in [-0.15, -0.1) is 11.6 Å². The first-order chi connectivity index (χ1) is 10.1. The predicted molar refractivity (Wildman–Crippen MR) is 82.9 cm³/mol. The molecule has 1 atom stereocenters. The lowest BCUT2D eigenvalue weighted by atomic mass is 10.3. The average molecular weight is 305 g/mol. The number of fused-ring (bicyclic) bond motifs is 1. The zero-order chi connectivity index (χ0) is 15.0. The quantitative estimate of drug-likeness (QED) is 0.696. The summed E-state index contributed by atoms with van der Waals surface area (Å²) >= 11 is 6.29. The van der Waals surface area contributed by atoms with Crippen LogP contribution in [-0.2, 0) is 13.6 Å². The van der Waals surface area contributed by atoms with Crippen molar-refractivity contribution < 1.29 is 4.74 Å². The van der Waals surface area contributed by atoms with Crippen LogP contribution in [0.3, 0.4) is 0 Å². The zero-order valence-corrected chi connectivity index (χ0v) is 13.0. The molecule has 110 valence electrons. The third-order valence-corrected chi connectivity index (χ3v) is 3.63. The van der Waals surface area contributed by atoms with Gasteiger partial charge in [0.2, 0.25) is 0 Å². The number of alkyl halides is 1. The van der Waals surface area contributed by atoms with Gasteiger partial charge < -0.3 is 9.30 Å². The normalized spacial score (nSPS) is 12.8. The first-order valence-corrected chi connectivity index (χ1v) is 7.18. The van der Waals surface area contributed by atoms with E-state index in [9.17, 15) is 0 Å². The van der Waals surface area contributed by atoms with E-state index in [4.69, 9.17) is 16.3 Å². The lowest BCUT2D eigenvalue weighted by Gasteiger charge is -2.09. The van der Waals surface area contributed by atoms with Crippen LogP contribution in [0.15, 0.2) is 30.6 Å². The minimum absolute atomic E-state index is 0.167. The number of halogens is 1. The number of methoxy groups -OCH3 is 1. The summed E-state index contributed by atoms with van der Waals surface area (Å²) in [6.45, 7) is 2.61. The molecule has 0 aliphatic carbocycles. The van der Waals surface area contributed by atoms with Crippen LogP contribution in [0.5, 0.6) is 5.75 Å². The molecule has 0 amide bonds. The fourth-order valence-corrected chi connectivity index (χ4v) is 2.62. The summed E-state index contributed by atoms with van der Waals surface area (Å²) in [6.07, 6.45) is 3.85. The molecule has 3 rings (SSSR count). The molecule has 2 aromatic heterocycles. The minimum Gasteiger partial charge on any atom is -0.497 e. The second kappa shape index (κ2) is 5.41. The minimum atomic E-state index is -0.167. The van der Waals surface area contributed by atoms with Crippen molar-refractivity contribution in [3.8, 4) is 5.75 Å². The van der Waals surface area contributed by atoms with Crippen molar-refractivity contribution in [3.63, 3.8) is 0 Å². The fraction of sp³-hybridized carbons (Fsp3) is 0.333.